The predicted molar refractivity (Wildman–Crippen MR) is 120 cm³/mol. The van der Waals surface area contributed by atoms with Gasteiger partial charge in [0.05, 0.1) is 5.52 Å². The molecule has 1 amide bonds. The Kier molecular flexibility index (Phi) is 6.29. The Morgan fingerprint density at radius 1 is 1.06 bits per heavy atom. The van der Waals surface area contributed by atoms with Crippen LogP contribution in [0.15, 0.2) is 54.6 Å². The average Bonchev–Trinajstić information content (AvgIpc) is 2.77. The Labute approximate surface area is 189 Å². The molecule has 0 aliphatic heterocycles. The van der Waals surface area contributed by atoms with Crippen molar-refractivity contribution in [3.8, 4) is 0 Å². The summed E-state index contributed by atoms with van der Waals surface area (Å²) in [6, 6.07) is 14.9. The summed E-state index contributed by atoms with van der Waals surface area (Å²) >= 11 is 5.96. The van der Waals surface area contributed by atoms with Gasteiger partial charge in [0.15, 0.2) is 0 Å². The zero-order valence-electron chi connectivity index (χ0n) is 17.5. The molecule has 1 aliphatic rings. The van der Waals surface area contributed by atoms with Crippen LogP contribution in [0.3, 0.4) is 0 Å². The molecule has 32 heavy (non-hydrogen) atoms. The molecule has 1 fully saturated rings. The zero-order valence-corrected chi connectivity index (χ0v) is 18.2. The minimum Gasteiger partial charge on any atom is -0.371 e. The number of fused-ring (bicyclic) bond motifs is 1. The van der Waals surface area contributed by atoms with Crippen molar-refractivity contribution >= 4 is 34.1 Å². The smallest absolute Gasteiger partial charge is 0.371 e. The van der Waals surface area contributed by atoms with Crippen LogP contribution in [0.4, 0.5) is 18.9 Å². The van der Waals surface area contributed by atoms with E-state index in [1.54, 1.807) is 48.5 Å². The molecular formula is C24H23ClF3N3O. The zero-order chi connectivity index (χ0) is 22.9. The molecule has 0 spiro atoms. The highest BCUT2D eigenvalue weighted by Crippen LogP contribution is 2.36. The van der Waals surface area contributed by atoms with Gasteiger partial charge in [-0.2, -0.15) is 13.2 Å². The number of halogens is 4. The van der Waals surface area contributed by atoms with Crippen molar-refractivity contribution in [1.82, 2.24) is 10.3 Å². The summed E-state index contributed by atoms with van der Waals surface area (Å²) in [4.78, 5) is 18.2. The van der Waals surface area contributed by atoms with E-state index < -0.39 is 11.9 Å². The van der Waals surface area contributed by atoms with E-state index in [9.17, 15) is 18.0 Å². The van der Waals surface area contributed by atoms with Crippen molar-refractivity contribution in [2.75, 3.05) is 11.9 Å². The Bertz CT molecular complexity index is 1130. The third-order valence-corrected chi connectivity index (χ3v) is 6.27. The Morgan fingerprint density at radius 2 is 1.78 bits per heavy atom. The van der Waals surface area contributed by atoms with E-state index in [4.69, 9.17) is 11.6 Å². The number of anilines is 1. The molecule has 1 heterocycles. The summed E-state index contributed by atoms with van der Waals surface area (Å²) < 4.78 is 40.2. The number of para-hydroxylation sites is 1. The first-order valence-electron chi connectivity index (χ1n) is 10.5. The molecule has 168 valence electrons. The molecule has 0 atom stereocenters. The molecule has 0 unspecified atom stereocenters. The monoisotopic (exact) mass is 461 g/mol. The quantitative estimate of drug-likeness (QED) is 0.511. The Hall–Kier alpha value is -2.80. The fourth-order valence-electron chi connectivity index (χ4n) is 4.30. The molecule has 0 saturated heterocycles. The molecule has 4 rings (SSSR count). The molecule has 4 nitrogen and oxygen atoms in total. The van der Waals surface area contributed by atoms with Crippen LogP contribution < -0.4 is 10.2 Å². The van der Waals surface area contributed by atoms with Gasteiger partial charge in [-0.3, -0.25) is 4.79 Å². The van der Waals surface area contributed by atoms with Gasteiger partial charge in [0.25, 0.3) is 5.91 Å². The number of nitrogens with zero attached hydrogens (tertiary/aromatic N) is 2. The second kappa shape index (κ2) is 8.98. The molecule has 1 N–H and O–H groups in total. The van der Waals surface area contributed by atoms with Crippen LogP contribution in [0.5, 0.6) is 0 Å². The topological polar surface area (TPSA) is 45.2 Å². The third kappa shape index (κ3) is 4.83. The van der Waals surface area contributed by atoms with Gasteiger partial charge in [-0.1, -0.05) is 35.9 Å². The van der Waals surface area contributed by atoms with Gasteiger partial charge in [-0.05, 0) is 56.0 Å². The maximum Gasteiger partial charge on any atom is 0.433 e. The molecule has 0 bridgehead atoms. The summed E-state index contributed by atoms with van der Waals surface area (Å²) in [7, 11) is 1.83. The van der Waals surface area contributed by atoms with Crippen molar-refractivity contribution in [3.05, 3.63) is 70.9 Å². The van der Waals surface area contributed by atoms with Crippen molar-refractivity contribution < 1.29 is 18.0 Å². The molecule has 3 aromatic rings. The average molecular weight is 462 g/mol. The van der Waals surface area contributed by atoms with Crippen molar-refractivity contribution in [2.24, 2.45) is 0 Å². The number of nitrogens with one attached hydrogen (secondary N) is 1. The highest BCUT2D eigenvalue weighted by Gasteiger charge is 2.34. The Balaban J connectivity index is 1.47. The summed E-state index contributed by atoms with van der Waals surface area (Å²) in [6.07, 6.45) is -1.50. The van der Waals surface area contributed by atoms with E-state index in [1.807, 2.05) is 11.9 Å². The molecule has 8 heteroatoms. The Morgan fingerprint density at radius 3 is 2.47 bits per heavy atom. The maximum atomic E-state index is 13.4. The van der Waals surface area contributed by atoms with Crippen LogP contribution in [-0.2, 0) is 6.18 Å². The van der Waals surface area contributed by atoms with Crippen molar-refractivity contribution in [2.45, 2.75) is 43.9 Å². The van der Waals surface area contributed by atoms with Gasteiger partial charge in [0, 0.05) is 40.8 Å². The fourth-order valence-corrected chi connectivity index (χ4v) is 4.49. The van der Waals surface area contributed by atoms with Crippen LogP contribution in [0.1, 0.15) is 41.7 Å². The lowest BCUT2D eigenvalue weighted by molar-refractivity contribution is -0.140. The molecule has 1 saturated carbocycles. The lowest BCUT2D eigenvalue weighted by atomic mass is 9.89. The highest BCUT2D eigenvalue weighted by molar-refractivity contribution is 6.30. The number of benzene rings is 2. The summed E-state index contributed by atoms with van der Waals surface area (Å²) in [5, 5.41) is 4.24. The number of aromatic nitrogens is 1. The van der Waals surface area contributed by atoms with E-state index in [0.717, 1.165) is 31.7 Å². The number of rotatable bonds is 4. The van der Waals surface area contributed by atoms with Crippen LogP contribution in [0.2, 0.25) is 5.02 Å². The molecular weight excluding hydrogens is 439 g/mol. The van der Waals surface area contributed by atoms with Gasteiger partial charge in [0.1, 0.15) is 5.69 Å². The number of alkyl halides is 3. The lowest BCUT2D eigenvalue weighted by Crippen LogP contribution is -2.43. The SMILES string of the molecule is CN(c1cc(C(F)(F)F)nc2ccccc12)[C@H]1CC[C@@H](NC(=O)c2cccc(Cl)c2)CC1. The van der Waals surface area contributed by atoms with Crippen molar-refractivity contribution in [3.63, 3.8) is 0 Å². The van der Waals surface area contributed by atoms with Gasteiger partial charge in [0.2, 0.25) is 0 Å². The largest absolute Gasteiger partial charge is 0.433 e. The van der Waals surface area contributed by atoms with Gasteiger partial charge in [-0.25, -0.2) is 4.98 Å². The standard InChI is InChI=1S/C24H23ClF3N3O/c1-31(21-14-22(24(26,27)28)30-20-8-3-2-7-19(20)21)18-11-9-17(10-12-18)29-23(32)15-5-4-6-16(25)13-15/h2-8,13-14,17-18H,9-12H2,1H3,(H,29,32)/t17-,18+. The first-order chi connectivity index (χ1) is 15.2. The number of hydrogen-bond acceptors (Lipinski definition) is 3. The summed E-state index contributed by atoms with van der Waals surface area (Å²) in [5.41, 5.74) is 0.473. The summed E-state index contributed by atoms with van der Waals surface area (Å²) in [6.45, 7) is 0. The maximum absolute atomic E-state index is 13.4. The fraction of sp³-hybridized carbons (Fsp3) is 0.333. The van der Waals surface area contributed by atoms with E-state index in [2.05, 4.69) is 10.3 Å². The third-order valence-electron chi connectivity index (χ3n) is 6.03. The van der Waals surface area contributed by atoms with Crippen molar-refractivity contribution in [1.29, 1.82) is 0 Å². The van der Waals surface area contributed by atoms with Crippen LogP contribution in [0.25, 0.3) is 10.9 Å². The molecule has 2 aromatic carbocycles. The number of carbonyl (C=O) groups is 1. The van der Waals surface area contributed by atoms with Crippen LogP contribution >= 0.6 is 11.6 Å². The molecule has 1 aliphatic carbocycles. The van der Waals surface area contributed by atoms with Crippen LogP contribution in [-0.4, -0.2) is 30.0 Å². The van der Waals surface area contributed by atoms with E-state index >= 15 is 0 Å². The lowest BCUT2D eigenvalue weighted by Gasteiger charge is -2.37. The van der Waals surface area contributed by atoms with E-state index in [-0.39, 0.29) is 18.0 Å². The first kappa shape index (κ1) is 22.4. The van der Waals surface area contributed by atoms with Gasteiger partial charge in [-0.15, -0.1) is 0 Å². The van der Waals surface area contributed by atoms with E-state index in [1.165, 1.54) is 0 Å². The highest BCUT2D eigenvalue weighted by atomic mass is 35.5. The minimum absolute atomic E-state index is 0.0195. The first-order valence-corrected chi connectivity index (χ1v) is 10.9. The summed E-state index contributed by atoms with van der Waals surface area (Å²) in [5.74, 6) is -0.167. The normalized spacial score (nSPS) is 19.0. The molecule has 0 radical (unpaired) electrons. The molecule has 1 aromatic heterocycles. The number of amides is 1. The second-order valence-corrected chi connectivity index (χ2v) is 8.58. The number of hydrogen-bond donors (Lipinski definition) is 1. The number of carbonyl (C=O) groups excluding carboxylic acids is 1. The number of pyridine rings is 1. The van der Waals surface area contributed by atoms with E-state index in [0.29, 0.717) is 27.2 Å². The predicted octanol–water partition coefficient (Wildman–Crippen LogP) is 6.08. The van der Waals surface area contributed by atoms with Gasteiger partial charge < -0.3 is 10.2 Å². The minimum atomic E-state index is -4.51. The van der Waals surface area contributed by atoms with Gasteiger partial charge >= 0.3 is 6.18 Å². The van der Waals surface area contributed by atoms with Crippen LogP contribution in [0, 0.1) is 0 Å². The second-order valence-electron chi connectivity index (χ2n) is 8.14.